The van der Waals surface area contributed by atoms with Crippen molar-refractivity contribution >= 4 is 21.4 Å². The maximum atomic E-state index is 13.5. The van der Waals surface area contributed by atoms with Crippen LogP contribution in [-0.2, 0) is 16.4 Å². The Morgan fingerprint density at radius 1 is 1.12 bits per heavy atom. The van der Waals surface area contributed by atoms with Crippen LogP contribution >= 0.6 is 0 Å². The SMILES string of the molecule is CCOc1ccc(-c2cc(C(=O)N(Cc3ccc(N(C)C)cc3)C3CCS(=O)(=O)C3)no2)cc1. The van der Waals surface area contributed by atoms with Crippen molar-refractivity contribution in [2.75, 3.05) is 37.1 Å². The van der Waals surface area contributed by atoms with E-state index < -0.39 is 15.9 Å². The van der Waals surface area contributed by atoms with Crippen LogP contribution in [0.5, 0.6) is 5.75 Å². The lowest BCUT2D eigenvalue weighted by Gasteiger charge is -2.27. The van der Waals surface area contributed by atoms with Crippen LogP contribution in [0.3, 0.4) is 0 Å². The van der Waals surface area contributed by atoms with Gasteiger partial charge in [0.05, 0.1) is 18.1 Å². The van der Waals surface area contributed by atoms with E-state index in [1.165, 1.54) is 0 Å². The van der Waals surface area contributed by atoms with E-state index in [4.69, 9.17) is 9.26 Å². The van der Waals surface area contributed by atoms with Crippen molar-refractivity contribution in [2.24, 2.45) is 0 Å². The normalized spacial score (nSPS) is 16.9. The summed E-state index contributed by atoms with van der Waals surface area (Å²) < 4.78 is 35.2. The van der Waals surface area contributed by atoms with Crippen LogP contribution in [-0.4, -0.2) is 62.6 Å². The maximum Gasteiger partial charge on any atom is 0.276 e. The zero-order valence-electron chi connectivity index (χ0n) is 19.6. The Morgan fingerprint density at radius 3 is 2.41 bits per heavy atom. The summed E-state index contributed by atoms with van der Waals surface area (Å²) in [5, 5.41) is 4.01. The summed E-state index contributed by atoms with van der Waals surface area (Å²) in [6.07, 6.45) is 0.410. The van der Waals surface area contributed by atoms with Gasteiger partial charge in [0.2, 0.25) is 0 Å². The van der Waals surface area contributed by atoms with E-state index in [-0.39, 0.29) is 29.7 Å². The highest BCUT2D eigenvalue weighted by Gasteiger charge is 2.36. The zero-order valence-corrected chi connectivity index (χ0v) is 20.4. The summed E-state index contributed by atoms with van der Waals surface area (Å²) in [5.74, 6) is 0.895. The molecular formula is C25H29N3O5S. The van der Waals surface area contributed by atoms with E-state index in [1.807, 2.05) is 74.4 Å². The largest absolute Gasteiger partial charge is 0.494 e. The molecule has 9 heteroatoms. The van der Waals surface area contributed by atoms with Crippen LogP contribution < -0.4 is 9.64 Å². The summed E-state index contributed by atoms with van der Waals surface area (Å²) in [7, 11) is 0.749. The fraction of sp³-hybridized carbons (Fsp3) is 0.360. The van der Waals surface area contributed by atoms with Crippen molar-refractivity contribution in [3.63, 3.8) is 0 Å². The van der Waals surface area contributed by atoms with E-state index in [0.717, 1.165) is 22.6 Å². The predicted octanol–water partition coefficient (Wildman–Crippen LogP) is 3.64. The molecular weight excluding hydrogens is 454 g/mol. The lowest BCUT2D eigenvalue weighted by molar-refractivity contribution is 0.0670. The maximum absolute atomic E-state index is 13.5. The molecule has 1 amide bonds. The molecule has 1 saturated heterocycles. The van der Waals surface area contributed by atoms with Crippen molar-refractivity contribution in [3.05, 3.63) is 65.9 Å². The zero-order chi connectivity index (χ0) is 24.3. The molecule has 0 aliphatic carbocycles. The number of amides is 1. The van der Waals surface area contributed by atoms with Crippen molar-refractivity contribution in [1.82, 2.24) is 10.1 Å². The molecule has 0 saturated carbocycles. The molecule has 2 heterocycles. The molecule has 1 fully saturated rings. The standard InChI is InChI=1S/C25H29N3O5S/c1-4-32-22-11-7-19(8-12-22)24-15-23(26-33-24)25(29)28(21-13-14-34(30,31)17-21)16-18-5-9-20(10-6-18)27(2)3/h5-12,15,21H,4,13-14,16-17H2,1-3H3. The molecule has 0 bridgehead atoms. The van der Waals surface area contributed by atoms with Crippen LogP contribution in [0.1, 0.15) is 29.4 Å². The molecule has 8 nitrogen and oxygen atoms in total. The van der Waals surface area contributed by atoms with Crippen molar-refractivity contribution < 1.29 is 22.5 Å². The van der Waals surface area contributed by atoms with E-state index in [9.17, 15) is 13.2 Å². The topological polar surface area (TPSA) is 93.0 Å². The van der Waals surface area contributed by atoms with Crippen LogP contribution in [0.4, 0.5) is 5.69 Å². The Bertz CT molecular complexity index is 1230. The third-order valence-electron chi connectivity index (χ3n) is 5.89. The van der Waals surface area contributed by atoms with E-state index in [1.54, 1.807) is 11.0 Å². The van der Waals surface area contributed by atoms with E-state index >= 15 is 0 Å². The van der Waals surface area contributed by atoms with Gasteiger partial charge in [0.15, 0.2) is 21.3 Å². The third kappa shape index (κ3) is 5.41. The lowest BCUT2D eigenvalue weighted by Crippen LogP contribution is -2.40. The lowest BCUT2D eigenvalue weighted by atomic mass is 10.1. The van der Waals surface area contributed by atoms with Gasteiger partial charge < -0.3 is 19.1 Å². The number of hydrogen-bond donors (Lipinski definition) is 0. The Hall–Kier alpha value is -3.33. The predicted molar refractivity (Wildman–Crippen MR) is 131 cm³/mol. The Morgan fingerprint density at radius 2 is 1.82 bits per heavy atom. The number of sulfone groups is 1. The molecule has 4 rings (SSSR count). The highest BCUT2D eigenvalue weighted by atomic mass is 32.2. The van der Waals surface area contributed by atoms with Gasteiger partial charge in [0.25, 0.3) is 5.91 Å². The van der Waals surface area contributed by atoms with Crippen LogP contribution in [0.25, 0.3) is 11.3 Å². The van der Waals surface area contributed by atoms with Gasteiger partial charge in [-0.1, -0.05) is 17.3 Å². The van der Waals surface area contributed by atoms with E-state index in [2.05, 4.69) is 5.16 Å². The summed E-state index contributed by atoms with van der Waals surface area (Å²) >= 11 is 0. The first-order valence-electron chi connectivity index (χ1n) is 11.2. The quantitative estimate of drug-likeness (QED) is 0.483. The number of benzene rings is 2. The fourth-order valence-corrected chi connectivity index (χ4v) is 5.76. The number of carbonyl (C=O) groups is 1. The number of hydrogen-bond acceptors (Lipinski definition) is 7. The molecule has 1 unspecified atom stereocenters. The van der Waals surface area contributed by atoms with Crippen LogP contribution in [0.15, 0.2) is 59.1 Å². The number of ether oxygens (including phenoxy) is 1. The third-order valence-corrected chi connectivity index (χ3v) is 7.65. The van der Waals surface area contributed by atoms with Gasteiger partial charge in [-0.15, -0.1) is 0 Å². The highest BCUT2D eigenvalue weighted by molar-refractivity contribution is 7.91. The molecule has 0 N–H and O–H groups in total. The summed E-state index contributed by atoms with van der Waals surface area (Å²) in [4.78, 5) is 17.1. The van der Waals surface area contributed by atoms with Crippen molar-refractivity contribution in [1.29, 1.82) is 0 Å². The fourth-order valence-electron chi connectivity index (χ4n) is 4.03. The monoisotopic (exact) mass is 483 g/mol. The number of rotatable bonds is 8. The average Bonchev–Trinajstić information content (AvgIpc) is 3.45. The number of nitrogens with zero attached hydrogens (tertiary/aromatic N) is 3. The Kier molecular flexibility index (Phi) is 6.92. The van der Waals surface area contributed by atoms with Gasteiger partial charge in [-0.2, -0.15) is 0 Å². The second-order valence-corrected chi connectivity index (χ2v) is 10.8. The molecule has 34 heavy (non-hydrogen) atoms. The van der Waals surface area contributed by atoms with Crippen molar-refractivity contribution in [2.45, 2.75) is 25.9 Å². The minimum absolute atomic E-state index is 0.0435. The van der Waals surface area contributed by atoms with Gasteiger partial charge >= 0.3 is 0 Å². The molecule has 180 valence electrons. The van der Waals surface area contributed by atoms with Gasteiger partial charge in [0.1, 0.15) is 5.75 Å². The van der Waals surface area contributed by atoms with Crippen LogP contribution in [0.2, 0.25) is 0 Å². The second-order valence-electron chi connectivity index (χ2n) is 8.58. The first-order valence-corrected chi connectivity index (χ1v) is 13.1. The van der Waals surface area contributed by atoms with Gasteiger partial charge in [0, 0.05) is 44.0 Å². The van der Waals surface area contributed by atoms with Crippen molar-refractivity contribution in [3.8, 4) is 17.1 Å². The summed E-state index contributed by atoms with van der Waals surface area (Å²) in [5.41, 5.74) is 2.88. The molecule has 1 aliphatic heterocycles. The average molecular weight is 484 g/mol. The smallest absolute Gasteiger partial charge is 0.276 e. The molecule has 1 atom stereocenters. The number of carbonyl (C=O) groups excluding carboxylic acids is 1. The van der Waals surface area contributed by atoms with Gasteiger partial charge in [-0.25, -0.2) is 8.42 Å². The Labute approximate surface area is 200 Å². The molecule has 0 spiro atoms. The second kappa shape index (κ2) is 9.89. The first kappa shape index (κ1) is 23.8. The molecule has 1 aromatic heterocycles. The molecule has 2 aromatic carbocycles. The first-order chi connectivity index (χ1) is 16.3. The van der Waals surface area contributed by atoms with Crippen LogP contribution in [0, 0.1) is 0 Å². The molecule has 0 radical (unpaired) electrons. The molecule has 3 aromatic rings. The number of anilines is 1. The summed E-state index contributed by atoms with van der Waals surface area (Å²) in [6, 6.07) is 16.4. The molecule has 1 aliphatic rings. The van der Waals surface area contributed by atoms with Gasteiger partial charge in [-0.05, 0) is 55.3 Å². The Balaban J connectivity index is 1.58. The minimum Gasteiger partial charge on any atom is -0.494 e. The summed E-state index contributed by atoms with van der Waals surface area (Å²) in [6.45, 7) is 2.78. The van der Waals surface area contributed by atoms with Gasteiger partial charge in [-0.3, -0.25) is 4.79 Å². The minimum atomic E-state index is -3.17. The highest BCUT2D eigenvalue weighted by Crippen LogP contribution is 2.26. The number of aromatic nitrogens is 1. The van der Waals surface area contributed by atoms with E-state index in [0.29, 0.717) is 18.8 Å².